The number of hydrogen-bond acceptors (Lipinski definition) is 2. The molecule has 0 saturated heterocycles. The smallest absolute Gasteiger partial charge is 0.339 e. The van der Waals surface area contributed by atoms with Gasteiger partial charge < -0.3 is 10.2 Å². The molecule has 0 radical (unpaired) electrons. The fraction of sp³-hybridized carbons (Fsp3) is 0.278. The summed E-state index contributed by atoms with van der Waals surface area (Å²) in [5, 5.41) is 19.9. The Labute approximate surface area is 124 Å². The van der Waals surface area contributed by atoms with Crippen molar-refractivity contribution in [3.8, 4) is 5.75 Å². The van der Waals surface area contributed by atoms with Crippen molar-refractivity contribution in [3.05, 3.63) is 64.7 Å². The SMILES string of the molecule is CCc1ccc(C(C)(C)c2ccccc2)c(O)c1C(=O)O. The third-order valence-corrected chi connectivity index (χ3v) is 4.03. The van der Waals surface area contributed by atoms with Gasteiger partial charge in [0, 0.05) is 11.0 Å². The Bertz CT molecular complexity index is 658. The minimum absolute atomic E-state index is 0.0130. The molecule has 0 aliphatic rings. The van der Waals surface area contributed by atoms with Crippen molar-refractivity contribution >= 4 is 5.97 Å². The van der Waals surface area contributed by atoms with E-state index in [9.17, 15) is 15.0 Å². The van der Waals surface area contributed by atoms with Crippen molar-refractivity contribution in [1.29, 1.82) is 0 Å². The molecule has 0 saturated carbocycles. The first-order chi connectivity index (χ1) is 9.89. The molecule has 0 atom stereocenters. The van der Waals surface area contributed by atoms with Crippen LogP contribution in [0.25, 0.3) is 0 Å². The van der Waals surface area contributed by atoms with Crippen LogP contribution in [0.3, 0.4) is 0 Å². The molecule has 0 amide bonds. The first-order valence-electron chi connectivity index (χ1n) is 7.03. The second-order valence-electron chi connectivity index (χ2n) is 5.65. The highest BCUT2D eigenvalue weighted by molar-refractivity contribution is 5.93. The van der Waals surface area contributed by atoms with Gasteiger partial charge in [0.1, 0.15) is 11.3 Å². The lowest BCUT2D eigenvalue weighted by molar-refractivity contribution is 0.0692. The summed E-state index contributed by atoms with van der Waals surface area (Å²) in [7, 11) is 0. The van der Waals surface area contributed by atoms with Crippen LogP contribution in [-0.4, -0.2) is 16.2 Å². The van der Waals surface area contributed by atoms with E-state index in [-0.39, 0.29) is 11.3 Å². The summed E-state index contributed by atoms with van der Waals surface area (Å²) in [5.74, 6) is -1.22. The van der Waals surface area contributed by atoms with E-state index in [0.717, 1.165) is 5.56 Å². The van der Waals surface area contributed by atoms with Crippen LogP contribution in [0, 0.1) is 0 Å². The van der Waals surface area contributed by atoms with Crippen molar-refractivity contribution in [2.75, 3.05) is 0 Å². The molecule has 2 rings (SSSR count). The van der Waals surface area contributed by atoms with Gasteiger partial charge in [-0.15, -0.1) is 0 Å². The van der Waals surface area contributed by atoms with E-state index < -0.39 is 11.4 Å². The normalized spacial score (nSPS) is 11.4. The van der Waals surface area contributed by atoms with Crippen LogP contribution in [0.5, 0.6) is 5.75 Å². The van der Waals surface area contributed by atoms with Gasteiger partial charge in [0.2, 0.25) is 0 Å². The van der Waals surface area contributed by atoms with E-state index >= 15 is 0 Å². The molecule has 2 N–H and O–H groups in total. The minimum Gasteiger partial charge on any atom is -0.507 e. The van der Waals surface area contributed by atoms with Crippen LogP contribution in [0.15, 0.2) is 42.5 Å². The molecule has 0 unspecified atom stereocenters. The number of aryl methyl sites for hydroxylation is 1. The quantitative estimate of drug-likeness (QED) is 0.893. The van der Waals surface area contributed by atoms with E-state index in [0.29, 0.717) is 17.5 Å². The van der Waals surface area contributed by atoms with Crippen LogP contribution in [-0.2, 0) is 11.8 Å². The number of aromatic carboxylic acids is 1. The first kappa shape index (κ1) is 15.1. The van der Waals surface area contributed by atoms with Crippen molar-refractivity contribution < 1.29 is 15.0 Å². The number of carboxylic acids is 1. The number of benzene rings is 2. The highest BCUT2D eigenvalue weighted by Gasteiger charge is 2.29. The van der Waals surface area contributed by atoms with Crippen molar-refractivity contribution in [3.63, 3.8) is 0 Å². The molecular formula is C18H20O3. The summed E-state index contributed by atoms with van der Waals surface area (Å²) in [6.07, 6.45) is 0.571. The van der Waals surface area contributed by atoms with Crippen LogP contribution in [0.2, 0.25) is 0 Å². The molecular weight excluding hydrogens is 264 g/mol. The molecule has 3 heteroatoms. The monoisotopic (exact) mass is 284 g/mol. The molecule has 21 heavy (non-hydrogen) atoms. The van der Waals surface area contributed by atoms with E-state index in [4.69, 9.17) is 0 Å². The van der Waals surface area contributed by atoms with Gasteiger partial charge in [-0.2, -0.15) is 0 Å². The largest absolute Gasteiger partial charge is 0.507 e. The molecule has 0 aliphatic carbocycles. The van der Waals surface area contributed by atoms with E-state index in [1.54, 1.807) is 6.07 Å². The Hall–Kier alpha value is -2.29. The number of rotatable bonds is 4. The van der Waals surface area contributed by atoms with Gasteiger partial charge in [-0.25, -0.2) is 4.79 Å². The first-order valence-corrected chi connectivity index (χ1v) is 7.03. The van der Waals surface area contributed by atoms with Crippen molar-refractivity contribution in [2.45, 2.75) is 32.6 Å². The number of carboxylic acid groups (broad SMARTS) is 1. The summed E-state index contributed by atoms with van der Waals surface area (Å²) in [6.45, 7) is 5.84. The van der Waals surface area contributed by atoms with Gasteiger partial charge in [-0.1, -0.05) is 63.2 Å². The van der Waals surface area contributed by atoms with Crippen LogP contribution >= 0.6 is 0 Å². The maximum Gasteiger partial charge on any atom is 0.339 e. The predicted molar refractivity (Wildman–Crippen MR) is 83.0 cm³/mol. The second-order valence-corrected chi connectivity index (χ2v) is 5.65. The Balaban J connectivity index is 2.65. The third kappa shape index (κ3) is 2.64. The minimum atomic E-state index is -1.09. The zero-order valence-electron chi connectivity index (χ0n) is 12.6. The molecule has 3 nitrogen and oxygen atoms in total. The molecule has 2 aromatic carbocycles. The summed E-state index contributed by atoms with van der Waals surface area (Å²) >= 11 is 0. The Kier molecular flexibility index (Phi) is 4.03. The number of phenols is 1. The van der Waals surface area contributed by atoms with E-state index in [2.05, 4.69) is 0 Å². The van der Waals surface area contributed by atoms with Crippen LogP contribution in [0.1, 0.15) is 47.8 Å². The molecule has 0 spiro atoms. The zero-order valence-corrected chi connectivity index (χ0v) is 12.6. The second kappa shape index (κ2) is 5.60. The van der Waals surface area contributed by atoms with Crippen molar-refractivity contribution in [2.24, 2.45) is 0 Å². The van der Waals surface area contributed by atoms with Gasteiger partial charge in [-0.05, 0) is 17.5 Å². The third-order valence-electron chi connectivity index (χ3n) is 4.03. The average Bonchev–Trinajstić information content (AvgIpc) is 2.47. The summed E-state index contributed by atoms with van der Waals surface area (Å²) in [4.78, 5) is 11.5. The lowest BCUT2D eigenvalue weighted by atomic mass is 9.76. The predicted octanol–water partition coefficient (Wildman–Crippen LogP) is 3.98. The van der Waals surface area contributed by atoms with Gasteiger partial charge >= 0.3 is 5.97 Å². The van der Waals surface area contributed by atoms with Crippen molar-refractivity contribution in [1.82, 2.24) is 0 Å². The van der Waals surface area contributed by atoms with Gasteiger partial charge in [0.25, 0.3) is 0 Å². The van der Waals surface area contributed by atoms with E-state index in [1.807, 2.05) is 57.2 Å². The molecule has 2 aromatic rings. The number of hydrogen-bond donors (Lipinski definition) is 2. The Morgan fingerprint density at radius 1 is 1.10 bits per heavy atom. The lowest BCUT2D eigenvalue weighted by Gasteiger charge is -2.28. The Morgan fingerprint density at radius 3 is 2.24 bits per heavy atom. The molecule has 0 bridgehead atoms. The standard InChI is InChI=1S/C18H20O3/c1-4-12-10-11-14(16(19)15(12)17(20)21)18(2,3)13-8-6-5-7-9-13/h5-11,19H,4H2,1-3H3,(H,20,21). The van der Waals surface area contributed by atoms with Gasteiger partial charge in [0.05, 0.1) is 0 Å². The summed E-state index contributed by atoms with van der Waals surface area (Å²) in [5.41, 5.74) is 1.85. The summed E-state index contributed by atoms with van der Waals surface area (Å²) in [6, 6.07) is 13.4. The topological polar surface area (TPSA) is 57.5 Å². The fourth-order valence-electron chi connectivity index (χ4n) is 2.68. The zero-order chi connectivity index (χ0) is 15.6. The molecule has 0 aliphatic heterocycles. The van der Waals surface area contributed by atoms with Gasteiger partial charge in [0.15, 0.2) is 0 Å². The van der Waals surface area contributed by atoms with Crippen LogP contribution < -0.4 is 0 Å². The lowest BCUT2D eigenvalue weighted by Crippen LogP contribution is -2.20. The van der Waals surface area contributed by atoms with Crippen LogP contribution in [0.4, 0.5) is 0 Å². The molecule has 0 aromatic heterocycles. The van der Waals surface area contributed by atoms with Gasteiger partial charge in [-0.3, -0.25) is 0 Å². The molecule has 110 valence electrons. The number of aromatic hydroxyl groups is 1. The number of carbonyl (C=O) groups is 1. The summed E-state index contributed by atoms with van der Waals surface area (Å²) < 4.78 is 0. The average molecular weight is 284 g/mol. The molecule has 0 heterocycles. The maximum atomic E-state index is 11.5. The highest BCUT2D eigenvalue weighted by atomic mass is 16.4. The molecule has 0 fully saturated rings. The fourth-order valence-corrected chi connectivity index (χ4v) is 2.68. The Morgan fingerprint density at radius 2 is 1.71 bits per heavy atom. The maximum absolute atomic E-state index is 11.5. The van der Waals surface area contributed by atoms with E-state index in [1.165, 1.54) is 0 Å². The highest BCUT2D eigenvalue weighted by Crippen LogP contribution is 2.39.